The third kappa shape index (κ3) is 3.53. The molecule has 0 bridgehead atoms. The number of halogens is 1. The van der Waals surface area contributed by atoms with E-state index in [0.29, 0.717) is 5.11 Å². The molecule has 5 rings (SSSR count). The van der Waals surface area contributed by atoms with E-state index in [1.807, 2.05) is 58.1 Å². The molecule has 0 spiro atoms. The normalized spacial score (nSPS) is 18.2. The van der Waals surface area contributed by atoms with Crippen molar-refractivity contribution in [2.24, 2.45) is 0 Å². The number of hydrogen-bond donors (Lipinski definition) is 2. The van der Waals surface area contributed by atoms with Crippen LogP contribution >= 0.6 is 12.2 Å². The second kappa shape index (κ2) is 7.85. The average Bonchev–Trinajstić information content (AvgIpc) is 3.40. The van der Waals surface area contributed by atoms with Crippen molar-refractivity contribution in [3.05, 3.63) is 108 Å². The van der Waals surface area contributed by atoms with Crippen LogP contribution in [0, 0.1) is 5.82 Å². The quantitative estimate of drug-likeness (QED) is 0.452. The van der Waals surface area contributed by atoms with Gasteiger partial charge in [-0.2, -0.15) is 0 Å². The summed E-state index contributed by atoms with van der Waals surface area (Å²) in [5, 5.41) is 13.7. The summed E-state index contributed by atoms with van der Waals surface area (Å²) in [5.74, 6) is -0.0902. The van der Waals surface area contributed by atoms with Gasteiger partial charge < -0.3 is 19.9 Å². The summed E-state index contributed by atoms with van der Waals surface area (Å²) in [6.07, 6.45) is 3.72. The number of benzene rings is 2. The van der Waals surface area contributed by atoms with Crippen molar-refractivity contribution in [3.63, 3.8) is 0 Å². The molecule has 0 saturated carbocycles. The Hall–Kier alpha value is -3.71. The molecule has 1 aliphatic heterocycles. The minimum atomic E-state index is -0.279. The van der Waals surface area contributed by atoms with Crippen LogP contribution in [0.1, 0.15) is 23.5 Å². The highest BCUT2D eigenvalue weighted by molar-refractivity contribution is 7.80. The van der Waals surface area contributed by atoms with Gasteiger partial charge in [-0.25, -0.2) is 4.39 Å². The maximum absolute atomic E-state index is 13.5. The van der Waals surface area contributed by atoms with Crippen LogP contribution < -0.4 is 10.2 Å². The van der Waals surface area contributed by atoms with Crippen molar-refractivity contribution in [3.8, 4) is 11.4 Å². The molecule has 2 N–H and O–H groups in total. The second-order valence-electron chi connectivity index (χ2n) is 7.29. The second-order valence-corrected chi connectivity index (χ2v) is 7.68. The van der Waals surface area contributed by atoms with Gasteiger partial charge in [0.25, 0.3) is 0 Å². The summed E-state index contributed by atoms with van der Waals surface area (Å²) in [7, 11) is 0. The standard InChI is InChI=1S/C24H19FN4OS/c25-16-6-8-17(9-7-16)28-15-3-5-21(28)23-22(20-4-1-2-14-26-20)27-24(31)29(23)18-10-12-19(30)13-11-18/h1-15,22-23,30H,(H,27,31)/t22-,23-/m0/s1. The van der Waals surface area contributed by atoms with Crippen LogP contribution in [0.4, 0.5) is 10.1 Å². The number of thiocarbonyl (C=S) groups is 1. The van der Waals surface area contributed by atoms with Gasteiger partial charge in [0, 0.05) is 29.5 Å². The monoisotopic (exact) mass is 430 g/mol. The minimum absolute atomic E-state index is 0.189. The van der Waals surface area contributed by atoms with E-state index in [-0.39, 0.29) is 23.7 Å². The zero-order valence-corrected chi connectivity index (χ0v) is 17.2. The maximum Gasteiger partial charge on any atom is 0.174 e. The molecule has 31 heavy (non-hydrogen) atoms. The molecule has 2 atom stereocenters. The molecule has 1 saturated heterocycles. The first-order valence-electron chi connectivity index (χ1n) is 9.85. The van der Waals surface area contributed by atoms with Crippen LogP contribution in [0.2, 0.25) is 0 Å². The van der Waals surface area contributed by atoms with Crippen LogP contribution in [0.25, 0.3) is 5.69 Å². The predicted octanol–water partition coefficient (Wildman–Crippen LogP) is 4.89. The molecule has 3 heterocycles. The van der Waals surface area contributed by atoms with Crippen molar-refractivity contribution < 1.29 is 9.50 Å². The van der Waals surface area contributed by atoms with Crippen LogP contribution in [0.3, 0.4) is 0 Å². The molecule has 154 valence electrons. The van der Waals surface area contributed by atoms with Crippen LogP contribution in [0.15, 0.2) is 91.3 Å². The lowest BCUT2D eigenvalue weighted by Gasteiger charge is -2.29. The smallest absolute Gasteiger partial charge is 0.174 e. The van der Waals surface area contributed by atoms with Crippen molar-refractivity contribution in [1.82, 2.24) is 14.9 Å². The first-order valence-corrected chi connectivity index (χ1v) is 10.3. The number of phenolic OH excluding ortho intramolecular Hbond substituents is 1. The third-order valence-corrected chi connectivity index (χ3v) is 5.73. The molecule has 0 radical (unpaired) electrons. The number of rotatable bonds is 4. The van der Waals surface area contributed by atoms with E-state index in [2.05, 4.69) is 10.3 Å². The fourth-order valence-electron chi connectivity index (χ4n) is 4.02. The summed E-state index contributed by atoms with van der Waals surface area (Å²) in [6.45, 7) is 0. The summed E-state index contributed by atoms with van der Waals surface area (Å²) in [5.41, 5.74) is 3.54. The van der Waals surface area contributed by atoms with Crippen molar-refractivity contribution in [1.29, 1.82) is 0 Å². The molecule has 0 amide bonds. The van der Waals surface area contributed by atoms with E-state index in [4.69, 9.17) is 12.2 Å². The molecule has 5 nitrogen and oxygen atoms in total. The number of phenols is 1. The molecule has 0 aliphatic carbocycles. The number of aromatic nitrogens is 2. The topological polar surface area (TPSA) is 53.3 Å². The molecule has 4 aromatic rings. The van der Waals surface area contributed by atoms with Crippen molar-refractivity contribution >= 4 is 23.0 Å². The average molecular weight is 431 g/mol. The summed E-state index contributed by atoms with van der Waals surface area (Å²) < 4.78 is 15.5. The van der Waals surface area contributed by atoms with E-state index < -0.39 is 0 Å². The Morgan fingerprint density at radius 1 is 0.903 bits per heavy atom. The fraction of sp³-hybridized carbons (Fsp3) is 0.0833. The number of hydrogen-bond acceptors (Lipinski definition) is 3. The molecule has 0 unspecified atom stereocenters. The van der Waals surface area contributed by atoms with Gasteiger partial charge in [-0.3, -0.25) is 4.98 Å². The van der Waals surface area contributed by atoms with E-state index in [1.54, 1.807) is 30.5 Å². The lowest BCUT2D eigenvalue weighted by atomic mass is 10.0. The Morgan fingerprint density at radius 3 is 2.35 bits per heavy atom. The first kappa shape index (κ1) is 19.3. The van der Waals surface area contributed by atoms with Crippen molar-refractivity contribution in [2.45, 2.75) is 12.1 Å². The number of aromatic hydroxyl groups is 1. The SMILES string of the molecule is Oc1ccc(N2C(=S)N[C@@H](c3ccccn3)[C@@H]2c2cccn2-c2ccc(F)cc2)cc1. The van der Waals surface area contributed by atoms with Gasteiger partial charge >= 0.3 is 0 Å². The van der Waals surface area contributed by atoms with Gasteiger partial charge in [0.2, 0.25) is 0 Å². The van der Waals surface area contributed by atoms with Gasteiger partial charge in [-0.1, -0.05) is 6.07 Å². The van der Waals surface area contributed by atoms with Crippen LogP contribution in [-0.2, 0) is 0 Å². The van der Waals surface area contributed by atoms with E-state index in [9.17, 15) is 9.50 Å². The minimum Gasteiger partial charge on any atom is -0.508 e. The van der Waals surface area contributed by atoms with Crippen molar-refractivity contribution in [2.75, 3.05) is 4.90 Å². The molecule has 1 fully saturated rings. The third-order valence-electron chi connectivity index (χ3n) is 5.41. The van der Waals surface area contributed by atoms with Gasteiger partial charge in [0.1, 0.15) is 17.6 Å². The zero-order chi connectivity index (χ0) is 21.4. The highest BCUT2D eigenvalue weighted by Gasteiger charge is 2.42. The summed E-state index contributed by atoms with van der Waals surface area (Å²) in [4.78, 5) is 6.60. The van der Waals surface area contributed by atoms with E-state index in [1.165, 1.54) is 12.1 Å². The van der Waals surface area contributed by atoms with Gasteiger partial charge in [0.05, 0.1) is 11.7 Å². The largest absolute Gasteiger partial charge is 0.508 e. The molecule has 7 heteroatoms. The molecule has 1 aliphatic rings. The Kier molecular flexibility index (Phi) is 4.88. The Labute approximate surface area is 184 Å². The van der Waals surface area contributed by atoms with Crippen LogP contribution in [0.5, 0.6) is 5.75 Å². The Bertz CT molecular complexity index is 1210. The first-order chi connectivity index (χ1) is 15.1. The highest BCUT2D eigenvalue weighted by Crippen LogP contribution is 2.42. The van der Waals surface area contributed by atoms with Crippen LogP contribution in [-0.4, -0.2) is 19.8 Å². The predicted molar refractivity (Wildman–Crippen MR) is 122 cm³/mol. The number of anilines is 1. The molecular formula is C24H19FN4OS. The van der Waals surface area contributed by atoms with E-state index >= 15 is 0 Å². The lowest BCUT2D eigenvalue weighted by molar-refractivity contribution is 0.475. The fourth-order valence-corrected chi connectivity index (χ4v) is 4.36. The number of nitrogens with zero attached hydrogens (tertiary/aromatic N) is 3. The maximum atomic E-state index is 13.5. The summed E-state index contributed by atoms with van der Waals surface area (Å²) in [6, 6.07) is 22.7. The molecule has 2 aromatic heterocycles. The molecule has 2 aromatic carbocycles. The lowest BCUT2D eigenvalue weighted by Crippen LogP contribution is -2.30. The highest BCUT2D eigenvalue weighted by atomic mass is 32.1. The Balaban J connectivity index is 1.66. The zero-order valence-electron chi connectivity index (χ0n) is 16.4. The van der Waals surface area contributed by atoms with Gasteiger partial charge in [-0.05, 0) is 85.0 Å². The Morgan fingerprint density at radius 2 is 1.65 bits per heavy atom. The molecular weight excluding hydrogens is 411 g/mol. The summed E-state index contributed by atoms with van der Waals surface area (Å²) >= 11 is 5.73. The van der Waals surface area contributed by atoms with Gasteiger partial charge in [-0.15, -0.1) is 0 Å². The van der Waals surface area contributed by atoms with E-state index in [0.717, 1.165) is 22.8 Å². The van der Waals surface area contributed by atoms with Gasteiger partial charge in [0.15, 0.2) is 5.11 Å². The number of pyridine rings is 1. The number of nitrogens with one attached hydrogen (secondary N) is 1.